The average Bonchev–Trinajstić information content (AvgIpc) is 2.95. The van der Waals surface area contributed by atoms with Crippen molar-refractivity contribution >= 4 is 27.4 Å². The quantitative estimate of drug-likeness (QED) is 0.913. The van der Waals surface area contributed by atoms with Gasteiger partial charge in [-0.05, 0) is 25.3 Å². The Labute approximate surface area is 129 Å². The van der Waals surface area contributed by atoms with Crippen molar-refractivity contribution in [2.45, 2.75) is 36.3 Å². The van der Waals surface area contributed by atoms with E-state index < -0.39 is 10.0 Å². The minimum Gasteiger partial charge on any atom is -0.375 e. The zero-order valence-electron chi connectivity index (χ0n) is 11.8. The van der Waals surface area contributed by atoms with Crippen LogP contribution in [0.15, 0.2) is 17.2 Å². The van der Waals surface area contributed by atoms with Crippen LogP contribution in [0.1, 0.15) is 19.3 Å². The van der Waals surface area contributed by atoms with Crippen molar-refractivity contribution in [2.24, 2.45) is 0 Å². The standard InChI is InChI=1S/C13H18ClN3O3S/c1-15-13-10(14)7-9(8-16-13)21(18,19)17-5-6-20-12-4-2-3-11(12)17/h7-8,11-12H,2-6H2,1H3,(H,15,16). The average molecular weight is 332 g/mol. The third kappa shape index (κ3) is 2.63. The van der Waals surface area contributed by atoms with Gasteiger partial charge in [0, 0.05) is 19.8 Å². The number of anilines is 1. The lowest BCUT2D eigenvalue weighted by molar-refractivity contribution is -0.0241. The first kappa shape index (κ1) is 15.0. The second-order valence-corrected chi connectivity index (χ2v) is 7.57. The van der Waals surface area contributed by atoms with Gasteiger partial charge in [-0.15, -0.1) is 0 Å². The van der Waals surface area contributed by atoms with Gasteiger partial charge in [0.05, 0.1) is 23.8 Å². The zero-order valence-corrected chi connectivity index (χ0v) is 13.3. The van der Waals surface area contributed by atoms with Crippen molar-refractivity contribution in [1.29, 1.82) is 0 Å². The van der Waals surface area contributed by atoms with Crippen molar-refractivity contribution in [3.63, 3.8) is 0 Å². The lowest BCUT2D eigenvalue weighted by Gasteiger charge is -2.36. The number of halogens is 1. The molecule has 2 unspecified atom stereocenters. The summed E-state index contributed by atoms with van der Waals surface area (Å²) in [5.41, 5.74) is 0. The highest BCUT2D eigenvalue weighted by Crippen LogP contribution is 2.34. The highest BCUT2D eigenvalue weighted by Gasteiger charge is 2.42. The Balaban J connectivity index is 1.94. The molecule has 1 saturated carbocycles. The summed E-state index contributed by atoms with van der Waals surface area (Å²) in [5, 5.41) is 3.12. The molecule has 2 fully saturated rings. The van der Waals surface area contributed by atoms with Crippen molar-refractivity contribution in [1.82, 2.24) is 9.29 Å². The van der Waals surface area contributed by atoms with E-state index in [0.29, 0.717) is 24.0 Å². The number of hydrogen-bond donors (Lipinski definition) is 1. The number of rotatable bonds is 3. The molecule has 6 nitrogen and oxygen atoms in total. The number of morpholine rings is 1. The molecule has 2 aliphatic rings. The van der Waals surface area contributed by atoms with Gasteiger partial charge in [-0.3, -0.25) is 0 Å². The molecule has 21 heavy (non-hydrogen) atoms. The van der Waals surface area contributed by atoms with E-state index in [9.17, 15) is 8.42 Å². The highest BCUT2D eigenvalue weighted by atomic mass is 35.5. The van der Waals surface area contributed by atoms with Gasteiger partial charge in [0.2, 0.25) is 10.0 Å². The second kappa shape index (κ2) is 5.72. The number of ether oxygens (including phenoxy) is 1. The lowest BCUT2D eigenvalue weighted by Crippen LogP contribution is -2.51. The van der Waals surface area contributed by atoms with E-state index in [1.807, 2.05) is 0 Å². The van der Waals surface area contributed by atoms with Gasteiger partial charge in [0.1, 0.15) is 10.7 Å². The van der Waals surface area contributed by atoms with Crippen LogP contribution in [0.3, 0.4) is 0 Å². The summed E-state index contributed by atoms with van der Waals surface area (Å²) in [6.45, 7) is 0.824. The van der Waals surface area contributed by atoms with Crippen LogP contribution in [-0.2, 0) is 14.8 Å². The fourth-order valence-corrected chi connectivity index (χ4v) is 5.03. The Morgan fingerprint density at radius 2 is 2.29 bits per heavy atom. The fraction of sp³-hybridized carbons (Fsp3) is 0.615. The predicted octanol–water partition coefficient (Wildman–Crippen LogP) is 1.72. The molecule has 116 valence electrons. The molecule has 0 amide bonds. The summed E-state index contributed by atoms with van der Waals surface area (Å²) in [4.78, 5) is 4.20. The molecule has 1 aliphatic carbocycles. The first-order valence-electron chi connectivity index (χ1n) is 7.01. The van der Waals surface area contributed by atoms with E-state index >= 15 is 0 Å². The minimum absolute atomic E-state index is 0.0218. The molecule has 2 heterocycles. The summed E-state index contributed by atoms with van der Waals surface area (Å²) in [6.07, 6.45) is 4.15. The van der Waals surface area contributed by atoms with Gasteiger partial charge in [-0.1, -0.05) is 11.6 Å². The third-order valence-electron chi connectivity index (χ3n) is 4.09. The van der Waals surface area contributed by atoms with Crippen molar-refractivity contribution in [3.8, 4) is 0 Å². The SMILES string of the molecule is CNc1ncc(S(=O)(=O)N2CCOC3CCCC32)cc1Cl. The summed E-state index contributed by atoms with van der Waals surface area (Å²) in [6, 6.07) is 1.39. The summed E-state index contributed by atoms with van der Waals surface area (Å²) in [7, 11) is -1.90. The van der Waals surface area contributed by atoms with Crippen LogP contribution in [0.4, 0.5) is 5.82 Å². The molecule has 0 aromatic carbocycles. The molecular weight excluding hydrogens is 314 g/mol. The van der Waals surface area contributed by atoms with Crippen LogP contribution in [0, 0.1) is 0 Å². The molecule has 1 aromatic rings. The van der Waals surface area contributed by atoms with E-state index in [1.165, 1.54) is 12.3 Å². The molecule has 1 saturated heterocycles. The van der Waals surface area contributed by atoms with E-state index in [1.54, 1.807) is 11.4 Å². The lowest BCUT2D eigenvalue weighted by atomic mass is 10.2. The second-order valence-electron chi connectivity index (χ2n) is 5.27. The van der Waals surface area contributed by atoms with E-state index in [-0.39, 0.29) is 17.0 Å². The normalized spacial score (nSPS) is 26.6. The molecule has 1 aromatic heterocycles. The minimum atomic E-state index is -3.59. The number of nitrogens with one attached hydrogen (secondary N) is 1. The maximum Gasteiger partial charge on any atom is 0.245 e. The van der Waals surface area contributed by atoms with Crippen molar-refractivity contribution in [2.75, 3.05) is 25.5 Å². The first-order valence-corrected chi connectivity index (χ1v) is 8.82. The molecular formula is C13H18ClN3O3S. The van der Waals surface area contributed by atoms with Crippen LogP contribution in [-0.4, -0.2) is 50.1 Å². The smallest absolute Gasteiger partial charge is 0.245 e. The maximum absolute atomic E-state index is 12.8. The van der Waals surface area contributed by atoms with Crippen molar-refractivity contribution in [3.05, 3.63) is 17.3 Å². The Morgan fingerprint density at radius 1 is 1.48 bits per heavy atom. The first-order chi connectivity index (χ1) is 10.0. The van der Waals surface area contributed by atoms with Gasteiger partial charge in [-0.25, -0.2) is 13.4 Å². The van der Waals surface area contributed by atoms with Crippen LogP contribution < -0.4 is 5.32 Å². The largest absolute Gasteiger partial charge is 0.375 e. The maximum atomic E-state index is 12.8. The summed E-state index contributed by atoms with van der Waals surface area (Å²) < 4.78 is 32.9. The van der Waals surface area contributed by atoms with Gasteiger partial charge in [-0.2, -0.15) is 4.31 Å². The molecule has 0 bridgehead atoms. The molecule has 8 heteroatoms. The van der Waals surface area contributed by atoms with Crippen molar-refractivity contribution < 1.29 is 13.2 Å². The van der Waals surface area contributed by atoms with Gasteiger partial charge in [0.15, 0.2) is 0 Å². The molecule has 3 rings (SSSR count). The number of nitrogens with zero attached hydrogens (tertiary/aromatic N) is 2. The summed E-state index contributed by atoms with van der Waals surface area (Å²) >= 11 is 6.05. The predicted molar refractivity (Wildman–Crippen MR) is 80.1 cm³/mol. The molecule has 0 radical (unpaired) electrons. The number of fused-ring (bicyclic) bond motifs is 1. The van der Waals surface area contributed by atoms with Crippen LogP contribution in [0.2, 0.25) is 5.02 Å². The Morgan fingerprint density at radius 3 is 3.00 bits per heavy atom. The Hall–Kier alpha value is -0.890. The van der Waals surface area contributed by atoms with E-state index in [2.05, 4.69) is 10.3 Å². The molecule has 0 spiro atoms. The van der Waals surface area contributed by atoms with E-state index in [0.717, 1.165) is 19.3 Å². The number of sulfonamides is 1. The van der Waals surface area contributed by atoms with Crippen LogP contribution in [0.5, 0.6) is 0 Å². The summed E-state index contributed by atoms with van der Waals surface area (Å²) in [5.74, 6) is 0.469. The van der Waals surface area contributed by atoms with Gasteiger partial charge >= 0.3 is 0 Å². The zero-order chi connectivity index (χ0) is 15.0. The number of aromatic nitrogens is 1. The Kier molecular flexibility index (Phi) is 4.09. The topological polar surface area (TPSA) is 71.5 Å². The third-order valence-corrected chi connectivity index (χ3v) is 6.27. The van der Waals surface area contributed by atoms with Crippen LogP contribution in [0.25, 0.3) is 0 Å². The van der Waals surface area contributed by atoms with Crippen LogP contribution >= 0.6 is 11.6 Å². The fourth-order valence-electron chi connectivity index (χ4n) is 3.07. The number of pyridine rings is 1. The molecule has 2 atom stereocenters. The monoisotopic (exact) mass is 331 g/mol. The highest BCUT2D eigenvalue weighted by molar-refractivity contribution is 7.89. The number of hydrogen-bond acceptors (Lipinski definition) is 5. The van der Waals surface area contributed by atoms with E-state index in [4.69, 9.17) is 16.3 Å². The molecule has 1 N–H and O–H groups in total. The Bertz CT molecular complexity index is 638. The van der Waals surface area contributed by atoms with Gasteiger partial charge in [0.25, 0.3) is 0 Å². The molecule has 1 aliphatic heterocycles. The van der Waals surface area contributed by atoms with Gasteiger partial charge < -0.3 is 10.1 Å².